The van der Waals surface area contributed by atoms with Gasteiger partial charge in [0.2, 0.25) is 0 Å². The average Bonchev–Trinajstić information content (AvgIpc) is 2.69. The van der Waals surface area contributed by atoms with Crippen molar-refractivity contribution in [3.63, 3.8) is 0 Å². The number of aromatic hydroxyl groups is 1. The first-order chi connectivity index (χ1) is 13.5. The van der Waals surface area contributed by atoms with Crippen LogP contribution >= 0.6 is 0 Å². The Hall–Kier alpha value is -2.60. The molecule has 6 heteroatoms. The Kier molecular flexibility index (Phi) is 6.52. The zero-order chi connectivity index (χ0) is 20.1. The van der Waals surface area contributed by atoms with Crippen LogP contribution in [0.5, 0.6) is 5.75 Å². The molecule has 28 heavy (non-hydrogen) atoms. The second kappa shape index (κ2) is 9.06. The Morgan fingerprint density at radius 1 is 1.29 bits per heavy atom. The summed E-state index contributed by atoms with van der Waals surface area (Å²) in [4.78, 5) is 19.6. The van der Waals surface area contributed by atoms with Crippen molar-refractivity contribution in [2.75, 3.05) is 26.2 Å². The number of likely N-dealkylation sites (tertiary alicyclic amines) is 1. The minimum atomic E-state index is -0.430. The van der Waals surface area contributed by atoms with Crippen LogP contribution in [0.2, 0.25) is 0 Å². The van der Waals surface area contributed by atoms with Crippen molar-refractivity contribution < 1.29 is 14.6 Å². The Balaban J connectivity index is 1.93. The molecule has 0 spiro atoms. The predicted molar refractivity (Wildman–Crippen MR) is 110 cm³/mol. The van der Waals surface area contributed by atoms with Crippen LogP contribution < -0.4 is 5.32 Å². The Morgan fingerprint density at radius 2 is 2.04 bits per heavy atom. The van der Waals surface area contributed by atoms with Crippen molar-refractivity contribution in [1.82, 2.24) is 15.2 Å². The molecule has 1 amide bonds. The van der Waals surface area contributed by atoms with E-state index < -0.39 is 5.91 Å². The maximum absolute atomic E-state index is 12.7. The first kappa shape index (κ1) is 20.1. The first-order valence-electron chi connectivity index (χ1n) is 9.93. The highest BCUT2D eigenvalue weighted by Crippen LogP contribution is 2.31. The Bertz CT molecular complexity index is 873. The molecule has 1 aromatic carbocycles. The molecule has 2 aromatic rings. The summed E-state index contributed by atoms with van der Waals surface area (Å²) in [5.41, 5.74) is 1.97. The van der Waals surface area contributed by atoms with Gasteiger partial charge in [0.25, 0.3) is 5.91 Å². The molecule has 2 heterocycles. The van der Waals surface area contributed by atoms with E-state index in [9.17, 15) is 9.90 Å². The van der Waals surface area contributed by atoms with Crippen molar-refractivity contribution in [2.24, 2.45) is 0 Å². The lowest BCUT2D eigenvalue weighted by molar-refractivity contribution is 0.0939. The van der Waals surface area contributed by atoms with E-state index in [0.717, 1.165) is 29.7 Å². The van der Waals surface area contributed by atoms with Crippen LogP contribution in [0.15, 0.2) is 30.5 Å². The molecule has 1 fully saturated rings. The average molecular weight is 383 g/mol. The molecule has 0 atom stereocenters. The quantitative estimate of drug-likeness (QED) is 0.716. The molecular weight excluding hydrogens is 354 g/mol. The fraction of sp³-hybridized carbons (Fsp3) is 0.455. The fourth-order valence-corrected chi connectivity index (χ4v) is 3.60. The third-order valence-corrected chi connectivity index (χ3v) is 5.04. The van der Waals surface area contributed by atoms with E-state index >= 15 is 0 Å². The third kappa shape index (κ3) is 4.62. The second-order valence-corrected chi connectivity index (χ2v) is 7.30. The zero-order valence-electron chi connectivity index (χ0n) is 16.8. The molecule has 3 rings (SSSR count). The van der Waals surface area contributed by atoms with Crippen LogP contribution in [-0.4, -0.2) is 47.1 Å². The fourth-order valence-electron chi connectivity index (χ4n) is 3.60. The number of aromatic nitrogens is 1. The van der Waals surface area contributed by atoms with Gasteiger partial charge in [0.15, 0.2) is 11.4 Å². The molecule has 1 aliphatic heterocycles. The van der Waals surface area contributed by atoms with Crippen molar-refractivity contribution in [3.8, 4) is 5.75 Å². The number of piperidine rings is 1. The summed E-state index contributed by atoms with van der Waals surface area (Å²) < 4.78 is 5.27. The van der Waals surface area contributed by atoms with Gasteiger partial charge in [0, 0.05) is 17.3 Å². The number of nitrogens with zero attached hydrogens (tertiary/aromatic N) is 2. The van der Waals surface area contributed by atoms with Crippen molar-refractivity contribution in [2.45, 2.75) is 39.7 Å². The molecule has 0 radical (unpaired) electrons. The lowest BCUT2D eigenvalue weighted by Gasteiger charge is -2.26. The number of pyridine rings is 1. The van der Waals surface area contributed by atoms with Crippen LogP contribution in [0.25, 0.3) is 10.8 Å². The number of hydrogen-bond donors (Lipinski definition) is 2. The number of amides is 1. The molecule has 1 saturated heterocycles. The van der Waals surface area contributed by atoms with E-state index in [1.54, 1.807) is 0 Å². The topological polar surface area (TPSA) is 74.7 Å². The van der Waals surface area contributed by atoms with Crippen LogP contribution in [0.1, 0.15) is 47.9 Å². The van der Waals surface area contributed by atoms with Gasteiger partial charge in [-0.25, -0.2) is 4.98 Å². The van der Waals surface area contributed by atoms with Gasteiger partial charge in [-0.05, 0) is 45.8 Å². The van der Waals surface area contributed by atoms with E-state index in [2.05, 4.69) is 21.8 Å². The summed E-state index contributed by atoms with van der Waals surface area (Å²) in [6.07, 6.45) is 3.63. The monoisotopic (exact) mass is 383 g/mol. The maximum Gasteiger partial charge on any atom is 0.274 e. The molecule has 0 saturated carbocycles. The Labute approximate surface area is 166 Å². The Morgan fingerprint density at radius 3 is 2.75 bits per heavy atom. The number of nitrogens with one attached hydrogen (secondary N) is 1. The smallest absolute Gasteiger partial charge is 0.274 e. The van der Waals surface area contributed by atoms with E-state index in [0.29, 0.717) is 24.3 Å². The van der Waals surface area contributed by atoms with Gasteiger partial charge in [0.05, 0.1) is 18.8 Å². The minimum absolute atomic E-state index is 0.0488. The number of fused-ring (bicyclic) bond motifs is 1. The normalized spacial score (nSPS) is 14.8. The lowest BCUT2D eigenvalue weighted by Crippen LogP contribution is -2.30. The maximum atomic E-state index is 12.7. The number of aryl methyl sites for hydroxylation is 1. The molecule has 150 valence electrons. The zero-order valence-corrected chi connectivity index (χ0v) is 16.8. The van der Waals surface area contributed by atoms with Crippen LogP contribution in [-0.2, 0) is 11.3 Å². The van der Waals surface area contributed by atoms with Gasteiger partial charge in [-0.2, -0.15) is 0 Å². The predicted octanol–water partition coefficient (Wildman–Crippen LogP) is 3.51. The SMILES string of the molecule is C=C(CNC(=O)c1nc(CN2CCCCC2)c2cc(C)ccc2c1O)OCC. The van der Waals surface area contributed by atoms with Crippen molar-refractivity contribution in [3.05, 3.63) is 47.5 Å². The first-order valence-corrected chi connectivity index (χ1v) is 9.93. The van der Waals surface area contributed by atoms with Crippen LogP contribution in [0.4, 0.5) is 0 Å². The molecular formula is C22H29N3O3. The van der Waals surface area contributed by atoms with Gasteiger partial charge in [-0.3, -0.25) is 9.69 Å². The molecule has 1 aromatic heterocycles. The molecule has 0 unspecified atom stereocenters. The number of hydrogen-bond acceptors (Lipinski definition) is 5. The van der Waals surface area contributed by atoms with Crippen LogP contribution in [0.3, 0.4) is 0 Å². The number of benzene rings is 1. The summed E-state index contributed by atoms with van der Waals surface area (Å²) in [6, 6.07) is 5.82. The number of ether oxygens (including phenoxy) is 1. The second-order valence-electron chi connectivity index (χ2n) is 7.30. The number of rotatable bonds is 7. The molecule has 6 nitrogen and oxygen atoms in total. The highest BCUT2D eigenvalue weighted by atomic mass is 16.5. The van der Waals surface area contributed by atoms with E-state index in [4.69, 9.17) is 4.74 Å². The van der Waals surface area contributed by atoms with E-state index in [1.165, 1.54) is 19.3 Å². The molecule has 2 N–H and O–H groups in total. The summed E-state index contributed by atoms with van der Waals surface area (Å²) >= 11 is 0. The van der Waals surface area contributed by atoms with Gasteiger partial charge in [-0.15, -0.1) is 0 Å². The summed E-state index contributed by atoms with van der Waals surface area (Å²) in [6.45, 7) is 11.0. The summed E-state index contributed by atoms with van der Waals surface area (Å²) in [5, 5.41) is 15.0. The van der Waals surface area contributed by atoms with E-state index in [-0.39, 0.29) is 18.0 Å². The van der Waals surface area contributed by atoms with Gasteiger partial charge < -0.3 is 15.2 Å². The van der Waals surface area contributed by atoms with E-state index in [1.807, 2.05) is 32.0 Å². The van der Waals surface area contributed by atoms with Crippen molar-refractivity contribution >= 4 is 16.7 Å². The lowest BCUT2D eigenvalue weighted by atomic mass is 10.0. The van der Waals surface area contributed by atoms with Gasteiger partial charge >= 0.3 is 0 Å². The standard InChI is InChI=1S/C22H29N3O3/c1-4-28-16(3)13-23-22(27)20-21(26)17-9-8-15(2)12-18(17)19(24-20)14-25-10-6-5-7-11-25/h8-9,12,26H,3-7,10-11,13-14H2,1-2H3,(H,23,27). The number of carbonyl (C=O) groups excluding carboxylic acids is 1. The number of carbonyl (C=O) groups is 1. The molecule has 1 aliphatic rings. The largest absolute Gasteiger partial charge is 0.505 e. The van der Waals surface area contributed by atoms with Crippen LogP contribution in [0, 0.1) is 6.92 Å². The molecule has 0 aliphatic carbocycles. The summed E-state index contributed by atoms with van der Waals surface area (Å²) in [5.74, 6) is -0.0436. The highest BCUT2D eigenvalue weighted by molar-refractivity contribution is 6.02. The highest BCUT2D eigenvalue weighted by Gasteiger charge is 2.21. The molecule has 0 bridgehead atoms. The minimum Gasteiger partial charge on any atom is -0.505 e. The van der Waals surface area contributed by atoms with Gasteiger partial charge in [0.1, 0.15) is 5.76 Å². The summed E-state index contributed by atoms with van der Waals surface area (Å²) in [7, 11) is 0. The third-order valence-electron chi connectivity index (χ3n) is 5.04. The van der Waals surface area contributed by atoms with Crippen molar-refractivity contribution in [1.29, 1.82) is 0 Å². The van der Waals surface area contributed by atoms with Gasteiger partial charge in [-0.1, -0.05) is 30.7 Å².